The first kappa shape index (κ1) is 78.3. The van der Waals surface area contributed by atoms with E-state index in [9.17, 15) is 39.0 Å². The van der Waals surface area contributed by atoms with Gasteiger partial charge in [-0.2, -0.15) is 9.97 Å². The number of hydrogen-bond donors (Lipinski definition) is 3. The van der Waals surface area contributed by atoms with Crippen molar-refractivity contribution < 1.29 is 34.1 Å². The van der Waals surface area contributed by atoms with E-state index >= 15 is 0 Å². The van der Waals surface area contributed by atoms with E-state index in [4.69, 9.17) is 79.1 Å². The number of aromatic nitrogens is 6. The van der Waals surface area contributed by atoms with Crippen LogP contribution in [0.5, 0.6) is 17.2 Å². The summed E-state index contributed by atoms with van der Waals surface area (Å²) < 4.78 is 15.5. The highest BCUT2D eigenvalue weighted by molar-refractivity contribution is 6.35. The molecule has 556 valence electrons. The molecule has 5 aliphatic rings. The van der Waals surface area contributed by atoms with E-state index in [2.05, 4.69) is 19.9 Å². The molecule has 5 heterocycles. The number of carbonyl (C=O) groups is 3. The van der Waals surface area contributed by atoms with Crippen molar-refractivity contribution in [2.45, 2.75) is 199 Å². The van der Waals surface area contributed by atoms with Crippen LogP contribution in [-0.2, 0) is 61.8 Å². The monoisotopic (exact) mass is 1550 g/mol. The average molecular weight is 1550 g/mol. The summed E-state index contributed by atoms with van der Waals surface area (Å²) in [5, 5.41) is 23.7. The van der Waals surface area contributed by atoms with Crippen LogP contribution in [-0.4, -0.2) is 116 Å². The third-order valence-corrected chi connectivity index (χ3v) is 22.9. The number of carbonyl (C=O) groups excluding carboxylic acids is 3. The van der Waals surface area contributed by atoms with Gasteiger partial charge in [0.2, 0.25) is 17.2 Å². The lowest BCUT2D eigenvalue weighted by atomic mass is 9.75. The average Bonchev–Trinajstić information content (AvgIpc) is 1.66. The standard InChI is InChI=1S/C29H33Cl2N3O4.C29H31Cl2N3O3.C22H25Cl2N3O3/c1-19(2)34(14-15-35)28(37)25-26(38-18-20-8-4-3-5-9-20)27(36)33-24(32-25)17-29(12-6-7-13-29)22-16-21(30)10-11-23(22)31;1-19(2)33-14-15-34-24(17-29(12-6-7-13-29)22-16-21(30)10-11-23(22)31)32-27(35)26(25(34)28(33)36)37-18-20-8-4-3-5-9-20;1-13(2)26-9-10-27-17(25-20(29)19(28)18(27)21(26)30)12-22(7-3-4-8-22)15-11-14(23)5-6-16(15)24/h3-5,8-11,16,19,35H,6-7,12-15,17-18H2,1-2H3,(H,32,33,36);3-5,8-11,16,19H,6-7,12-15,17-18H2,1-2H3;5-6,11,13,28H,3-4,7-10,12H2,1-2H3. The molecule has 3 saturated carbocycles. The van der Waals surface area contributed by atoms with Crippen LogP contribution in [0.3, 0.4) is 0 Å². The Bertz CT molecular complexity index is 4670. The lowest BCUT2D eigenvalue weighted by Crippen LogP contribution is -2.47. The number of ether oxygens (including phenoxy) is 2. The molecule has 0 radical (unpaired) electrons. The van der Waals surface area contributed by atoms with Gasteiger partial charge >= 0.3 is 11.1 Å². The summed E-state index contributed by atoms with van der Waals surface area (Å²) in [4.78, 5) is 101. The van der Waals surface area contributed by atoms with Crippen LogP contribution in [0.4, 0.5) is 0 Å². The second-order valence-electron chi connectivity index (χ2n) is 28.9. The van der Waals surface area contributed by atoms with Gasteiger partial charge in [-0.3, -0.25) is 28.8 Å². The van der Waals surface area contributed by atoms with Crippen LogP contribution in [0, 0.1) is 0 Å². The van der Waals surface area contributed by atoms with Gasteiger partial charge in [0.1, 0.15) is 30.7 Å². The maximum absolute atomic E-state index is 13.7. The number of nitrogens with one attached hydrogen (secondary N) is 1. The number of amides is 3. The Morgan fingerprint density at radius 3 is 1.34 bits per heavy atom. The van der Waals surface area contributed by atoms with E-state index < -0.39 is 28.3 Å². The van der Waals surface area contributed by atoms with Gasteiger partial charge in [-0.1, -0.05) is 169 Å². The normalized spacial score (nSPS) is 16.4. The molecule has 3 aromatic heterocycles. The van der Waals surface area contributed by atoms with Crippen molar-refractivity contribution in [1.82, 2.24) is 43.8 Å². The lowest BCUT2D eigenvalue weighted by molar-refractivity contribution is 0.0626. The highest BCUT2D eigenvalue weighted by Crippen LogP contribution is 2.50. The van der Waals surface area contributed by atoms with Crippen LogP contribution in [0.2, 0.25) is 30.1 Å². The summed E-state index contributed by atoms with van der Waals surface area (Å²) in [5.74, 6) is -0.194. The van der Waals surface area contributed by atoms with Gasteiger partial charge in [-0.05, 0) is 162 Å². The van der Waals surface area contributed by atoms with Crippen LogP contribution in [0.15, 0.2) is 130 Å². The molecule has 0 spiro atoms. The molecule has 3 amide bonds. The van der Waals surface area contributed by atoms with Crippen molar-refractivity contribution in [2.75, 3.05) is 26.2 Å². The Morgan fingerprint density at radius 1 is 0.524 bits per heavy atom. The topological polar surface area (TPSA) is 235 Å². The minimum absolute atomic E-state index is 0.00128. The van der Waals surface area contributed by atoms with Crippen molar-refractivity contribution >= 4 is 87.3 Å². The Morgan fingerprint density at radius 2 is 0.924 bits per heavy atom. The highest BCUT2D eigenvalue weighted by Gasteiger charge is 2.44. The number of aromatic hydroxyl groups is 1. The Labute approximate surface area is 641 Å². The third kappa shape index (κ3) is 17.3. The van der Waals surface area contributed by atoms with E-state index in [-0.39, 0.29) is 101 Å². The van der Waals surface area contributed by atoms with E-state index in [1.807, 2.05) is 131 Å². The number of hydrogen-bond acceptors (Lipinski definition) is 13. The Kier molecular flexibility index (Phi) is 25.4. The van der Waals surface area contributed by atoms with E-state index in [1.165, 1.54) is 4.90 Å². The zero-order chi connectivity index (χ0) is 75.1. The predicted octanol–water partition coefficient (Wildman–Crippen LogP) is 15.8. The molecule has 3 fully saturated rings. The molecule has 3 aliphatic carbocycles. The SMILES string of the molecule is CC(C)N(CCO)C(=O)c1nc(CC2(c3cc(Cl)ccc3Cl)CCCC2)[nH]c(=O)c1OCc1ccccc1.CC(C)N1CCn2c(CC3(c4cc(Cl)ccc4Cl)CCCC3)nc(=O)c(O)c2C1=O.CC(C)N1CCn2c(CC3(c4cc(Cl)ccc4Cl)CCCC3)nc(=O)c(OCc3ccccc3)c2C1=O. The number of halogens is 6. The van der Waals surface area contributed by atoms with Crippen molar-refractivity contribution in [1.29, 1.82) is 0 Å². The second-order valence-corrected chi connectivity index (χ2v) is 31.5. The van der Waals surface area contributed by atoms with E-state index in [0.29, 0.717) is 93.1 Å². The van der Waals surface area contributed by atoms with Crippen molar-refractivity contribution in [2.24, 2.45) is 0 Å². The lowest BCUT2D eigenvalue weighted by Gasteiger charge is -2.36. The maximum Gasteiger partial charge on any atom is 0.316 e. The summed E-state index contributed by atoms with van der Waals surface area (Å²) in [6.45, 7) is 13.8. The second kappa shape index (κ2) is 34.0. The summed E-state index contributed by atoms with van der Waals surface area (Å²) >= 11 is 38.8. The highest BCUT2D eigenvalue weighted by atomic mass is 35.5. The molecule has 3 N–H and O–H groups in total. The number of rotatable bonds is 21. The Hall–Kier alpha value is -7.75. The Balaban J connectivity index is 0.000000159. The van der Waals surface area contributed by atoms with Crippen molar-refractivity contribution in [3.63, 3.8) is 0 Å². The number of benzene rings is 5. The van der Waals surface area contributed by atoms with Crippen LogP contribution in [0.1, 0.15) is 195 Å². The largest absolute Gasteiger partial charge is 0.501 e. The van der Waals surface area contributed by atoms with Gasteiger partial charge in [0.15, 0.2) is 17.1 Å². The van der Waals surface area contributed by atoms with E-state index in [1.54, 1.807) is 44.7 Å². The number of aliphatic hydroxyl groups excluding tert-OH is 1. The zero-order valence-corrected chi connectivity index (χ0v) is 64.5. The molecule has 2 aliphatic heterocycles. The number of nitrogens with zero attached hydrogens (tertiary/aromatic N) is 8. The molecule has 105 heavy (non-hydrogen) atoms. The molecule has 5 aromatic carbocycles. The quantitative estimate of drug-likeness (QED) is 0.0608. The van der Waals surface area contributed by atoms with E-state index in [0.717, 1.165) is 105 Å². The summed E-state index contributed by atoms with van der Waals surface area (Å²) in [5.41, 5.74) is 2.12. The minimum Gasteiger partial charge on any atom is -0.501 e. The first-order valence-corrected chi connectivity index (χ1v) is 38.4. The summed E-state index contributed by atoms with van der Waals surface area (Å²) in [6, 6.07) is 35.2. The zero-order valence-electron chi connectivity index (χ0n) is 60.0. The first-order valence-electron chi connectivity index (χ1n) is 36.1. The smallest absolute Gasteiger partial charge is 0.316 e. The molecule has 0 unspecified atom stereocenters. The molecule has 8 aromatic rings. The van der Waals surface area contributed by atoms with Crippen LogP contribution >= 0.6 is 69.6 Å². The number of H-pyrrole nitrogens is 1. The molecule has 0 bridgehead atoms. The first-order chi connectivity index (χ1) is 50.3. The molecular formula is C80H89Cl6N9O10. The fourth-order valence-corrected chi connectivity index (χ4v) is 17.4. The van der Waals surface area contributed by atoms with Crippen molar-refractivity contribution in [3.05, 3.63) is 239 Å². The fourth-order valence-electron chi connectivity index (χ4n) is 15.9. The minimum atomic E-state index is -0.763. The molecular weight excluding hydrogens is 1460 g/mol. The van der Waals surface area contributed by atoms with Crippen molar-refractivity contribution in [3.8, 4) is 17.2 Å². The number of fused-ring (bicyclic) bond motifs is 2. The number of aliphatic hydroxyl groups is 1. The summed E-state index contributed by atoms with van der Waals surface area (Å²) in [6.07, 6.45) is 12.9. The summed E-state index contributed by atoms with van der Waals surface area (Å²) in [7, 11) is 0. The van der Waals surface area contributed by atoms with Gasteiger partial charge in [0, 0.05) is 116 Å². The predicted molar refractivity (Wildman–Crippen MR) is 412 cm³/mol. The van der Waals surface area contributed by atoms with Crippen LogP contribution in [0.25, 0.3) is 0 Å². The third-order valence-electron chi connectivity index (χ3n) is 21.2. The molecule has 0 atom stereocenters. The van der Waals surface area contributed by atoms with Gasteiger partial charge < -0.3 is 48.5 Å². The molecule has 13 rings (SSSR count). The molecule has 25 heteroatoms. The van der Waals surface area contributed by atoms with Gasteiger partial charge in [-0.25, -0.2) is 4.98 Å². The van der Waals surface area contributed by atoms with Gasteiger partial charge in [0.05, 0.1) is 6.61 Å². The van der Waals surface area contributed by atoms with Gasteiger partial charge in [0.25, 0.3) is 23.3 Å². The fraction of sp³-hybridized carbons (Fsp3) is 0.438. The molecule has 19 nitrogen and oxygen atoms in total. The van der Waals surface area contributed by atoms with Gasteiger partial charge in [-0.15, -0.1) is 0 Å². The number of aromatic amines is 1. The maximum atomic E-state index is 13.7. The van der Waals surface area contributed by atoms with Crippen LogP contribution < -0.4 is 26.2 Å². The molecule has 0 saturated heterocycles.